The van der Waals surface area contributed by atoms with E-state index in [1.54, 1.807) is 0 Å². The van der Waals surface area contributed by atoms with E-state index < -0.39 is 0 Å². The molecule has 1 atom stereocenters. The molecular formula is C10H18N2. The van der Waals surface area contributed by atoms with Crippen LogP contribution in [0, 0.1) is 0 Å². The Morgan fingerprint density at radius 2 is 2.25 bits per heavy atom. The van der Waals surface area contributed by atoms with Crippen molar-refractivity contribution >= 4 is 0 Å². The number of hydrogen-bond donors (Lipinski definition) is 1. The van der Waals surface area contributed by atoms with Crippen molar-refractivity contribution in [3.05, 3.63) is 17.7 Å². The molecule has 1 aromatic heterocycles. The molecule has 1 aromatic rings. The van der Waals surface area contributed by atoms with Gasteiger partial charge >= 0.3 is 0 Å². The molecule has 0 amide bonds. The first-order valence-electron chi connectivity index (χ1n) is 4.81. The second kappa shape index (κ2) is 4.29. The second-order valence-electron chi connectivity index (χ2n) is 3.35. The highest BCUT2D eigenvalue weighted by Crippen LogP contribution is 2.14. The van der Waals surface area contributed by atoms with Gasteiger partial charge in [0.25, 0.3) is 0 Å². The predicted octanol–water partition coefficient (Wildman–Crippen LogP) is 2.88. The van der Waals surface area contributed by atoms with E-state index in [4.69, 9.17) is 0 Å². The van der Waals surface area contributed by atoms with Crippen LogP contribution in [0.2, 0.25) is 0 Å². The van der Waals surface area contributed by atoms with Crippen molar-refractivity contribution < 1.29 is 0 Å². The minimum absolute atomic E-state index is 0.565. The first kappa shape index (κ1) is 9.30. The lowest BCUT2D eigenvalue weighted by molar-refractivity contribution is 0.686. The predicted molar refractivity (Wildman–Crippen MR) is 51.3 cm³/mol. The van der Waals surface area contributed by atoms with Crippen LogP contribution in [0.15, 0.2) is 6.20 Å². The molecule has 2 heteroatoms. The number of aromatic nitrogens is 2. The average Bonchev–Trinajstić information content (AvgIpc) is 2.52. The fourth-order valence-corrected chi connectivity index (χ4v) is 1.22. The summed E-state index contributed by atoms with van der Waals surface area (Å²) in [7, 11) is 0. The third kappa shape index (κ3) is 2.10. The monoisotopic (exact) mass is 166 g/mol. The van der Waals surface area contributed by atoms with E-state index in [0.717, 1.165) is 18.7 Å². The molecule has 0 aromatic carbocycles. The van der Waals surface area contributed by atoms with E-state index in [2.05, 4.69) is 30.7 Å². The summed E-state index contributed by atoms with van der Waals surface area (Å²) in [6.45, 7) is 6.57. The first-order chi connectivity index (χ1) is 5.77. The zero-order valence-electron chi connectivity index (χ0n) is 8.22. The summed E-state index contributed by atoms with van der Waals surface area (Å²) in [5.41, 5.74) is 1.27. The summed E-state index contributed by atoms with van der Waals surface area (Å²) in [5.74, 6) is 1.71. The SMILES string of the molecule is CCCc1cnc(C(C)CC)[nH]1. The van der Waals surface area contributed by atoms with Gasteiger partial charge in [0.15, 0.2) is 0 Å². The molecule has 2 nitrogen and oxygen atoms in total. The highest BCUT2D eigenvalue weighted by Gasteiger charge is 2.06. The third-order valence-corrected chi connectivity index (χ3v) is 2.25. The molecule has 1 rings (SSSR count). The molecular weight excluding hydrogens is 148 g/mol. The Balaban J connectivity index is 2.63. The summed E-state index contributed by atoms with van der Waals surface area (Å²) in [6.07, 6.45) is 5.41. The Morgan fingerprint density at radius 1 is 1.50 bits per heavy atom. The quantitative estimate of drug-likeness (QED) is 0.732. The molecule has 0 aliphatic carbocycles. The first-order valence-corrected chi connectivity index (χ1v) is 4.81. The van der Waals surface area contributed by atoms with Gasteiger partial charge in [-0.25, -0.2) is 4.98 Å². The van der Waals surface area contributed by atoms with E-state index in [9.17, 15) is 0 Å². The summed E-state index contributed by atoms with van der Waals surface area (Å²) < 4.78 is 0. The number of H-pyrrole nitrogens is 1. The molecule has 0 radical (unpaired) electrons. The van der Waals surface area contributed by atoms with Crippen molar-refractivity contribution in [2.45, 2.75) is 46.0 Å². The Hall–Kier alpha value is -0.790. The van der Waals surface area contributed by atoms with Gasteiger partial charge in [-0.2, -0.15) is 0 Å². The molecule has 12 heavy (non-hydrogen) atoms. The number of nitrogens with one attached hydrogen (secondary N) is 1. The van der Waals surface area contributed by atoms with E-state index in [1.807, 2.05) is 6.20 Å². The van der Waals surface area contributed by atoms with Crippen molar-refractivity contribution in [3.8, 4) is 0 Å². The fraction of sp³-hybridized carbons (Fsp3) is 0.700. The van der Waals surface area contributed by atoms with Gasteiger partial charge in [0.1, 0.15) is 5.82 Å². The Bertz CT molecular complexity index is 227. The Morgan fingerprint density at radius 3 is 2.83 bits per heavy atom. The van der Waals surface area contributed by atoms with Crippen LogP contribution in [0.1, 0.15) is 51.0 Å². The molecule has 68 valence electrons. The number of aryl methyl sites for hydroxylation is 1. The highest BCUT2D eigenvalue weighted by atomic mass is 14.9. The lowest BCUT2D eigenvalue weighted by atomic mass is 10.1. The molecule has 1 N–H and O–H groups in total. The lowest BCUT2D eigenvalue weighted by Gasteiger charge is -2.02. The minimum atomic E-state index is 0.565. The van der Waals surface area contributed by atoms with Crippen LogP contribution in [0.3, 0.4) is 0 Å². The van der Waals surface area contributed by atoms with E-state index in [-0.39, 0.29) is 0 Å². The molecule has 0 saturated heterocycles. The van der Waals surface area contributed by atoms with Crippen molar-refractivity contribution in [1.29, 1.82) is 0 Å². The third-order valence-electron chi connectivity index (χ3n) is 2.25. The van der Waals surface area contributed by atoms with E-state index >= 15 is 0 Å². The molecule has 1 heterocycles. The van der Waals surface area contributed by atoms with Crippen LogP contribution in [-0.4, -0.2) is 9.97 Å². The van der Waals surface area contributed by atoms with Crippen LogP contribution in [-0.2, 0) is 6.42 Å². The van der Waals surface area contributed by atoms with Crippen LogP contribution in [0.4, 0.5) is 0 Å². The zero-order valence-corrected chi connectivity index (χ0v) is 8.22. The second-order valence-corrected chi connectivity index (χ2v) is 3.35. The van der Waals surface area contributed by atoms with Gasteiger partial charge in [-0.3, -0.25) is 0 Å². The van der Waals surface area contributed by atoms with Crippen LogP contribution >= 0.6 is 0 Å². The molecule has 0 bridgehead atoms. The maximum absolute atomic E-state index is 4.35. The largest absolute Gasteiger partial charge is 0.346 e. The lowest BCUT2D eigenvalue weighted by Crippen LogP contribution is -1.94. The molecule has 0 saturated carbocycles. The van der Waals surface area contributed by atoms with E-state index in [1.165, 1.54) is 12.1 Å². The molecule has 0 fully saturated rings. The molecule has 1 unspecified atom stereocenters. The topological polar surface area (TPSA) is 28.7 Å². The molecule has 0 aliphatic heterocycles. The number of rotatable bonds is 4. The number of aromatic amines is 1. The van der Waals surface area contributed by atoms with E-state index in [0.29, 0.717) is 5.92 Å². The summed E-state index contributed by atoms with van der Waals surface area (Å²) in [6, 6.07) is 0. The average molecular weight is 166 g/mol. The standard InChI is InChI=1S/C10H18N2/c1-4-6-9-7-11-10(12-9)8(3)5-2/h7-8H,4-6H2,1-3H3,(H,11,12). The van der Waals surface area contributed by atoms with Gasteiger partial charge in [0.2, 0.25) is 0 Å². The molecule has 0 aliphatic rings. The summed E-state index contributed by atoms with van der Waals surface area (Å²) in [5, 5.41) is 0. The fourth-order valence-electron chi connectivity index (χ4n) is 1.22. The van der Waals surface area contributed by atoms with Gasteiger partial charge in [-0.1, -0.05) is 27.2 Å². The minimum Gasteiger partial charge on any atom is -0.346 e. The molecule has 0 spiro atoms. The Labute approximate surface area is 74.4 Å². The summed E-state index contributed by atoms with van der Waals surface area (Å²) >= 11 is 0. The van der Waals surface area contributed by atoms with Gasteiger partial charge in [-0.05, 0) is 12.8 Å². The normalized spacial score (nSPS) is 13.2. The number of hydrogen-bond acceptors (Lipinski definition) is 1. The van der Waals surface area contributed by atoms with Crippen LogP contribution < -0.4 is 0 Å². The summed E-state index contributed by atoms with van der Waals surface area (Å²) in [4.78, 5) is 7.70. The maximum atomic E-state index is 4.35. The van der Waals surface area contributed by atoms with Crippen LogP contribution in [0.25, 0.3) is 0 Å². The maximum Gasteiger partial charge on any atom is 0.109 e. The van der Waals surface area contributed by atoms with Gasteiger partial charge < -0.3 is 4.98 Å². The van der Waals surface area contributed by atoms with Gasteiger partial charge in [0, 0.05) is 17.8 Å². The highest BCUT2D eigenvalue weighted by molar-refractivity contribution is 5.04. The smallest absolute Gasteiger partial charge is 0.109 e. The van der Waals surface area contributed by atoms with Gasteiger partial charge in [0.05, 0.1) is 0 Å². The Kier molecular flexibility index (Phi) is 3.32. The van der Waals surface area contributed by atoms with Crippen LogP contribution in [0.5, 0.6) is 0 Å². The van der Waals surface area contributed by atoms with Crippen molar-refractivity contribution in [2.24, 2.45) is 0 Å². The van der Waals surface area contributed by atoms with Crippen molar-refractivity contribution in [3.63, 3.8) is 0 Å². The van der Waals surface area contributed by atoms with Crippen molar-refractivity contribution in [1.82, 2.24) is 9.97 Å². The number of imidazole rings is 1. The number of nitrogens with zero attached hydrogens (tertiary/aromatic N) is 1. The zero-order chi connectivity index (χ0) is 8.97. The van der Waals surface area contributed by atoms with Crippen molar-refractivity contribution in [2.75, 3.05) is 0 Å². The van der Waals surface area contributed by atoms with Gasteiger partial charge in [-0.15, -0.1) is 0 Å².